The number of amides is 1. The maximum atomic E-state index is 12.6. The molecule has 2 aliphatic heterocycles. The van der Waals surface area contributed by atoms with Crippen molar-refractivity contribution >= 4 is 5.91 Å². The van der Waals surface area contributed by atoms with Crippen molar-refractivity contribution in [2.75, 3.05) is 60.0 Å². The van der Waals surface area contributed by atoms with Crippen molar-refractivity contribution in [2.45, 2.75) is 19.3 Å². The van der Waals surface area contributed by atoms with Crippen LogP contribution in [0, 0.1) is 0 Å². The molecule has 0 bridgehead atoms. The summed E-state index contributed by atoms with van der Waals surface area (Å²) in [7, 11) is 3.28. The molecule has 138 valence electrons. The fourth-order valence-corrected chi connectivity index (χ4v) is 3.67. The van der Waals surface area contributed by atoms with Crippen LogP contribution >= 0.6 is 0 Å². The lowest BCUT2D eigenvalue weighted by Crippen LogP contribution is -2.44. The standard InChI is InChI=1S/C19H29N3O3/c1-24-17-12-15-4-9-22(8-3-7-21-10-5-20-6-11-21)19(23)14-16(15)13-18(17)25-2/h12-13,20H,3-11,14H2,1-2H3. The fourth-order valence-electron chi connectivity index (χ4n) is 3.67. The Morgan fingerprint density at radius 2 is 1.68 bits per heavy atom. The third-order valence-electron chi connectivity index (χ3n) is 5.16. The van der Waals surface area contributed by atoms with Crippen LogP contribution in [0.3, 0.4) is 0 Å². The number of piperazine rings is 1. The number of benzene rings is 1. The van der Waals surface area contributed by atoms with E-state index in [2.05, 4.69) is 10.2 Å². The summed E-state index contributed by atoms with van der Waals surface area (Å²) < 4.78 is 10.8. The van der Waals surface area contributed by atoms with Gasteiger partial charge in [-0.1, -0.05) is 0 Å². The monoisotopic (exact) mass is 347 g/mol. The molecule has 0 unspecified atom stereocenters. The molecule has 1 fully saturated rings. The zero-order valence-electron chi connectivity index (χ0n) is 15.3. The van der Waals surface area contributed by atoms with Gasteiger partial charge in [-0.05, 0) is 42.6 Å². The summed E-state index contributed by atoms with van der Waals surface area (Å²) in [5, 5.41) is 3.37. The van der Waals surface area contributed by atoms with Gasteiger partial charge in [0, 0.05) is 39.3 Å². The van der Waals surface area contributed by atoms with Crippen molar-refractivity contribution in [1.82, 2.24) is 15.1 Å². The lowest BCUT2D eigenvalue weighted by molar-refractivity contribution is -0.130. The summed E-state index contributed by atoms with van der Waals surface area (Å²) in [6.45, 7) is 7.05. The number of carbonyl (C=O) groups excluding carboxylic acids is 1. The van der Waals surface area contributed by atoms with E-state index in [9.17, 15) is 4.79 Å². The SMILES string of the molecule is COc1cc2c(cc1OC)CC(=O)N(CCCN1CCNCC1)CC2. The van der Waals surface area contributed by atoms with Crippen LogP contribution in [0.4, 0.5) is 0 Å². The molecule has 3 rings (SSSR count). The highest BCUT2D eigenvalue weighted by molar-refractivity contribution is 5.80. The first kappa shape index (κ1) is 18.0. The van der Waals surface area contributed by atoms with Crippen LogP contribution in [0.2, 0.25) is 0 Å². The minimum atomic E-state index is 0.214. The molecular formula is C19H29N3O3. The molecule has 0 atom stereocenters. The molecule has 2 heterocycles. The topological polar surface area (TPSA) is 54.0 Å². The fraction of sp³-hybridized carbons (Fsp3) is 0.632. The second-order valence-corrected chi connectivity index (χ2v) is 6.73. The lowest BCUT2D eigenvalue weighted by atomic mass is 10.0. The Kier molecular flexibility index (Phi) is 6.15. The largest absolute Gasteiger partial charge is 0.493 e. The molecule has 1 aromatic carbocycles. The Morgan fingerprint density at radius 1 is 1.00 bits per heavy atom. The average molecular weight is 347 g/mol. The van der Waals surface area contributed by atoms with Crippen LogP contribution in [-0.4, -0.2) is 75.7 Å². The summed E-state index contributed by atoms with van der Waals surface area (Å²) in [5.74, 6) is 1.65. The summed E-state index contributed by atoms with van der Waals surface area (Å²) in [4.78, 5) is 17.1. The van der Waals surface area contributed by atoms with Gasteiger partial charge in [0.25, 0.3) is 0 Å². The number of nitrogens with one attached hydrogen (secondary N) is 1. The zero-order chi connectivity index (χ0) is 17.6. The van der Waals surface area contributed by atoms with E-state index < -0.39 is 0 Å². The van der Waals surface area contributed by atoms with Crippen molar-refractivity contribution in [1.29, 1.82) is 0 Å². The molecule has 0 spiro atoms. The van der Waals surface area contributed by atoms with Gasteiger partial charge in [-0.3, -0.25) is 4.79 Å². The first-order valence-corrected chi connectivity index (χ1v) is 9.16. The van der Waals surface area contributed by atoms with Crippen molar-refractivity contribution in [3.8, 4) is 11.5 Å². The molecule has 0 aromatic heterocycles. The predicted octanol–water partition coefficient (Wildman–Crippen LogP) is 0.926. The molecule has 2 aliphatic rings. The van der Waals surface area contributed by atoms with Gasteiger partial charge in [0.1, 0.15) is 0 Å². The second-order valence-electron chi connectivity index (χ2n) is 6.73. The van der Waals surface area contributed by atoms with Crippen molar-refractivity contribution < 1.29 is 14.3 Å². The van der Waals surface area contributed by atoms with Crippen LogP contribution < -0.4 is 14.8 Å². The van der Waals surface area contributed by atoms with E-state index in [4.69, 9.17) is 9.47 Å². The smallest absolute Gasteiger partial charge is 0.227 e. The van der Waals surface area contributed by atoms with Crippen molar-refractivity contribution in [2.24, 2.45) is 0 Å². The second kappa shape index (κ2) is 8.54. The van der Waals surface area contributed by atoms with E-state index in [1.165, 1.54) is 5.56 Å². The highest BCUT2D eigenvalue weighted by Gasteiger charge is 2.22. The highest BCUT2D eigenvalue weighted by atomic mass is 16.5. The Labute approximate surface area is 150 Å². The molecule has 0 aliphatic carbocycles. The van der Waals surface area contributed by atoms with Gasteiger partial charge >= 0.3 is 0 Å². The average Bonchev–Trinajstić information content (AvgIpc) is 2.79. The summed E-state index contributed by atoms with van der Waals surface area (Å²) in [6, 6.07) is 3.97. The van der Waals surface area contributed by atoms with Gasteiger partial charge in [-0.25, -0.2) is 0 Å². The zero-order valence-corrected chi connectivity index (χ0v) is 15.3. The molecule has 1 saturated heterocycles. The number of fused-ring (bicyclic) bond motifs is 1. The Balaban J connectivity index is 1.59. The number of hydrogen-bond acceptors (Lipinski definition) is 5. The van der Waals surface area contributed by atoms with Gasteiger partial charge in [0.2, 0.25) is 5.91 Å². The van der Waals surface area contributed by atoms with E-state index in [1.54, 1.807) is 14.2 Å². The van der Waals surface area contributed by atoms with Gasteiger partial charge in [0.15, 0.2) is 11.5 Å². The highest BCUT2D eigenvalue weighted by Crippen LogP contribution is 2.32. The molecule has 0 radical (unpaired) electrons. The van der Waals surface area contributed by atoms with Gasteiger partial charge in [-0.2, -0.15) is 0 Å². The number of ether oxygens (including phenoxy) is 2. The van der Waals surface area contributed by atoms with E-state index in [-0.39, 0.29) is 5.91 Å². The van der Waals surface area contributed by atoms with Crippen LogP contribution in [0.1, 0.15) is 17.5 Å². The predicted molar refractivity (Wildman–Crippen MR) is 97.5 cm³/mol. The molecule has 1 N–H and O–H groups in total. The minimum Gasteiger partial charge on any atom is -0.493 e. The molecule has 1 amide bonds. The van der Waals surface area contributed by atoms with E-state index in [1.807, 2.05) is 17.0 Å². The number of rotatable bonds is 6. The van der Waals surface area contributed by atoms with E-state index in [0.29, 0.717) is 12.2 Å². The minimum absolute atomic E-state index is 0.214. The van der Waals surface area contributed by atoms with Gasteiger partial charge in [-0.15, -0.1) is 0 Å². The molecule has 6 nitrogen and oxygen atoms in total. The van der Waals surface area contributed by atoms with E-state index in [0.717, 1.165) is 70.0 Å². The van der Waals surface area contributed by atoms with Crippen molar-refractivity contribution in [3.05, 3.63) is 23.3 Å². The Hall–Kier alpha value is -1.79. The molecule has 1 aromatic rings. The van der Waals surface area contributed by atoms with Crippen molar-refractivity contribution in [3.63, 3.8) is 0 Å². The summed E-state index contributed by atoms with van der Waals surface area (Å²) >= 11 is 0. The third kappa shape index (κ3) is 4.44. The van der Waals surface area contributed by atoms with Crippen LogP contribution in [-0.2, 0) is 17.6 Å². The normalized spacial score (nSPS) is 18.6. The third-order valence-corrected chi connectivity index (χ3v) is 5.16. The van der Waals surface area contributed by atoms with Crippen LogP contribution in [0.5, 0.6) is 11.5 Å². The molecule has 6 heteroatoms. The maximum absolute atomic E-state index is 12.6. The molecule has 25 heavy (non-hydrogen) atoms. The Morgan fingerprint density at radius 3 is 2.36 bits per heavy atom. The molecule has 0 saturated carbocycles. The number of hydrogen-bond donors (Lipinski definition) is 1. The first-order chi connectivity index (χ1) is 12.2. The lowest BCUT2D eigenvalue weighted by Gasteiger charge is -2.28. The number of nitrogens with zero attached hydrogens (tertiary/aromatic N) is 2. The number of carbonyl (C=O) groups is 1. The summed E-state index contributed by atoms with van der Waals surface area (Å²) in [5.41, 5.74) is 2.25. The quantitative estimate of drug-likeness (QED) is 0.830. The van der Waals surface area contributed by atoms with Gasteiger partial charge in [0.05, 0.1) is 20.6 Å². The van der Waals surface area contributed by atoms with Crippen LogP contribution in [0.15, 0.2) is 12.1 Å². The summed E-state index contributed by atoms with van der Waals surface area (Å²) in [6.07, 6.45) is 2.35. The molecular weight excluding hydrogens is 318 g/mol. The van der Waals surface area contributed by atoms with Gasteiger partial charge < -0.3 is 24.6 Å². The maximum Gasteiger partial charge on any atom is 0.227 e. The van der Waals surface area contributed by atoms with E-state index >= 15 is 0 Å². The number of methoxy groups -OCH3 is 2. The van der Waals surface area contributed by atoms with Crippen LogP contribution in [0.25, 0.3) is 0 Å². The first-order valence-electron chi connectivity index (χ1n) is 9.16. The Bertz CT molecular complexity index is 600.